The van der Waals surface area contributed by atoms with Crippen LogP contribution in [0.4, 0.5) is 0 Å². The Balaban J connectivity index is 0. The molecule has 0 aliphatic carbocycles. The summed E-state index contributed by atoms with van der Waals surface area (Å²) >= 11 is 0. The van der Waals surface area contributed by atoms with Crippen molar-refractivity contribution < 1.29 is 42.0 Å². The summed E-state index contributed by atoms with van der Waals surface area (Å²) in [6.07, 6.45) is 0. The van der Waals surface area contributed by atoms with E-state index in [9.17, 15) is 0 Å². The van der Waals surface area contributed by atoms with Crippen LogP contribution in [0.5, 0.6) is 0 Å². The third-order valence-electron chi connectivity index (χ3n) is 0. The van der Waals surface area contributed by atoms with E-state index < -0.39 is 0 Å². The zero-order valence-corrected chi connectivity index (χ0v) is 4.24. The van der Waals surface area contributed by atoms with Crippen LogP contribution in [0.1, 0.15) is 0 Å². The first kappa shape index (κ1) is 462. The van der Waals surface area contributed by atoms with Gasteiger partial charge in [0.2, 0.25) is 0 Å². The zero-order chi connectivity index (χ0) is 0. The third-order valence-corrected chi connectivity index (χ3v) is 0. The number of hydrogen-bond donors (Lipinski definition) is 0. The van der Waals surface area contributed by atoms with Crippen molar-refractivity contribution in [3.05, 3.63) is 0 Å². The van der Waals surface area contributed by atoms with Crippen LogP contribution >= 0.6 is 0 Å². The SMILES string of the molecule is O.O.O.O.[Tc]. The minimum absolute atomic E-state index is 0. The molecule has 0 aliphatic rings. The summed E-state index contributed by atoms with van der Waals surface area (Å²) in [5.74, 6) is 0. The van der Waals surface area contributed by atoms with Gasteiger partial charge in [0.1, 0.15) is 0 Å². The Bertz CT molecular complexity index is 3.61. The van der Waals surface area contributed by atoms with E-state index in [1.807, 2.05) is 0 Å². The predicted octanol–water partition coefficient (Wildman–Crippen LogP) is -3.30. The molecule has 0 spiro atoms. The van der Waals surface area contributed by atoms with Crippen LogP contribution in [0, 0.1) is 0 Å². The average molecular weight is 170 g/mol. The molecule has 0 bridgehead atoms. The Morgan fingerprint density at radius 2 is 0.400 bits per heavy atom. The fraction of sp³-hybridized carbons (Fsp3) is 0. The van der Waals surface area contributed by atoms with E-state index in [0.717, 1.165) is 0 Å². The maximum absolute atomic E-state index is 0. The van der Waals surface area contributed by atoms with Gasteiger partial charge in [-0.15, -0.1) is 0 Å². The van der Waals surface area contributed by atoms with Crippen molar-refractivity contribution in [1.29, 1.82) is 0 Å². The van der Waals surface area contributed by atoms with E-state index >= 15 is 0 Å². The maximum Gasteiger partial charge on any atom is 0 e. The Labute approximate surface area is 42.8 Å². The van der Waals surface area contributed by atoms with Crippen LogP contribution in [-0.4, -0.2) is 21.9 Å². The first-order valence-electron chi connectivity index (χ1n) is 0. The number of hydrogen-bond acceptors (Lipinski definition) is 0. The Morgan fingerprint density at radius 3 is 0.400 bits per heavy atom. The van der Waals surface area contributed by atoms with Gasteiger partial charge < -0.3 is 21.9 Å². The van der Waals surface area contributed by atoms with Crippen LogP contribution in [-0.2, 0) is 20.1 Å². The minimum atomic E-state index is 0. The quantitative estimate of drug-likeness (QED) is 0.361. The summed E-state index contributed by atoms with van der Waals surface area (Å²) in [6, 6.07) is 0. The summed E-state index contributed by atoms with van der Waals surface area (Å²) in [5.41, 5.74) is 0. The second kappa shape index (κ2) is 228. The molecule has 0 amide bonds. The van der Waals surface area contributed by atoms with Gasteiger partial charge in [-0.1, -0.05) is 0 Å². The smallest absolute Gasteiger partial charge is 0 e. The van der Waals surface area contributed by atoms with E-state index in [4.69, 9.17) is 0 Å². The molecule has 0 unspecified atom stereocenters. The molecule has 0 aromatic heterocycles. The summed E-state index contributed by atoms with van der Waals surface area (Å²) in [6.45, 7) is 0. The summed E-state index contributed by atoms with van der Waals surface area (Å²) in [7, 11) is 0. The van der Waals surface area contributed by atoms with Crippen molar-refractivity contribution in [2.75, 3.05) is 0 Å². The maximum atomic E-state index is 0. The van der Waals surface area contributed by atoms with Gasteiger partial charge in [-0.2, -0.15) is 0 Å². The van der Waals surface area contributed by atoms with Gasteiger partial charge >= 0.3 is 0 Å². The summed E-state index contributed by atoms with van der Waals surface area (Å²) in [5, 5.41) is 0. The molecule has 0 saturated carbocycles. The van der Waals surface area contributed by atoms with Crippen LogP contribution in [0.25, 0.3) is 0 Å². The van der Waals surface area contributed by atoms with Gasteiger partial charge in [0, 0.05) is 20.1 Å². The largest absolute Gasteiger partial charge is 0.412 e. The molecular weight excluding hydrogens is 162 g/mol. The molecule has 8 N–H and O–H groups in total. The Morgan fingerprint density at radius 1 is 0.400 bits per heavy atom. The normalized spacial score (nSPS) is 0. The fourth-order valence-electron chi connectivity index (χ4n) is 0. The molecule has 0 aromatic carbocycles. The topological polar surface area (TPSA) is 126 Å². The molecule has 0 saturated heterocycles. The number of rotatable bonds is 0. The Hall–Kier alpha value is 0.489. The van der Waals surface area contributed by atoms with E-state index in [1.54, 1.807) is 0 Å². The van der Waals surface area contributed by atoms with Crippen LogP contribution < -0.4 is 0 Å². The standard InChI is InChI=1S/4H2O.Tc/h4*1H2;. The van der Waals surface area contributed by atoms with E-state index in [1.165, 1.54) is 0 Å². The van der Waals surface area contributed by atoms with E-state index in [0.29, 0.717) is 0 Å². The average Bonchev–Trinajstić information content (AvgIpc) is 0. The molecule has 0 heterocycles. The molecule has 1 radical (unpaired) electrons. The molecule has 5 heteroatoms. The van der Waals surface area contributed by atoms with Crippen LogP contribution in [0.15, 0.2) is 0 Å². The monoisotopic (exact) mass is 169 g/mol. The zero-order valence-electron chi connectivity index (χ0n) is 2.38. The van der Waals surface area contributed by atoms with Crippen molar-refractivity contribution >= 4 is 0 Å². The molecule has 0 aliphatic heterocycles. The van der Waals surface area contributed by atoms with Crippen molar-refractivity contribution in [3.8, 4) is 0 Å². The minimum Gasteiger partial charge on any atom is -0.412 e. The van der Waals surface area contributed by atoms with Gasteiger partial charge in [-0.25, -0.2) is 0 Å². The fourth-order valence-corrected chi connectivity index (χ4v) is 0. The molecular formula is H8O4Tc. The third kappa shape index (κ3) is 116. The second-order valence-electron chi connectivity index (χ2n) is 0. The first-order chi connectivity index (χ1) is 0. The van der Waals surface area contributed by atoms with Gasteiger partial charge in [-0.3, -0.25) is 0 Å². The van der Waals surface area contributed by atoms with Crippen LogP contribution in [0.2, 0.25) is 0 Å². The van der Waals surface area contributed by atoms with Gasteiger partial charge in [0.25, 0.3) is 0 Å². The summed E-state index contributed by atoms with van der Waals surface area (Å²) in [4.78, 5) is 0. The van der Waals surface area contributed by atoms with E-state index in [2.05, 4.69) is 0 Å². The van der Waals surface area contributed by atoms with Crippen molar-refractivity contribution in [2.24, 2.45) is 0 Å². The van der Waals surface area contributed by atoms with Gasteiger partial charge in [0.05, 0.1) is 0 Å². The molecule has 0 rings (SSSR count). The molecule has 39 valence electrons. The van der Waals surface area contributed by atoms with Crippen molar-refractivity contribution in [3.63, 3.8) is 0 Å². The van der Waals surface area contributed by atoms with Crippen molar-refractivity contribution in [2.45, 2.75) is 0 Å². The summed E-state index contributed by atoms with van der Waals surface area (Å²) < 4.78 is 0. The molecule has 0 fully saturated rings. The molecule has 0 atom stereocenters. The van der Waals surface area contributed by atoms with Gasteiger partial charge in [-0.05, 0) is 0 Å². The molecule has 0 aromatic rings. The van der Waals surface area contributed by atoms with Gasteiger partial charge in [0.15, 0.2) is 0 Å². The predicted molar refractivity (Wildman–Crippen MR) is 14.5 cm³/mol. The second-order valence-corrected chi connectivity index (χ2v) is 0. The van der Waals surface area contributed by atoms with E-state index in [-0.39, 0.29) is 42.0 Å². The molecule has 5 heavy (non-hydrogen) atoms. The molecule has 4 nitrogen and oxygen atoms in total. The Kier molecular flexibility index (Phi) is 21100. The van der Waals surface area contributed by atoms with Crippen LogP contribution in [0.3, 0.4) is 0 Å². The first-order valence-corrected chi connectivity index (χ1v) is 0. The van der Waals surface area contributed by atoms with Crippen molar-refractivity contribution in [1.82, 2.24) is 0 Å².